The number of hydrogen-bond acceptors (Lipinski definition) is 3. The van der Waals surface area contributed by atoms with Gasteiger partial charge in [-0.1, -0.05) is 25.9 Å². The Labute approximate surface area is 72.9 Å². The maximum Gasteiger partial charge on any atom is 0.153 e. The number of nitrogens with zero attached hydrogens (tertiary/aromatic N) is 1. The van der Waals surface area contributed by atoms with Crippen molar-refractivity contribution in [1.82, 2.24) is 5.16 Å². The highest BCUT2D eigenvalue weighted by molar-refractivity contribution is 5.01. The predicted molar refractivity (Wildman–Crippen MR) is 47.4 cm³/mol. The first-order valence-electron chi connectivity index (χ1n) is 4.29. The summed E-state index contributed by atoms with van der Waals surface area (Å²) in [6.45, 7) is 6.43. The molecule has 0 saturated carbocycles. The number of aromatic nitrogens is 1. The molecule has 0 aliphatic carbocycles. The lowest BCUT2D eigenvalue weighted by Crippen LogP contribution is -2.22. The summed E-state index contributed by atoms with van der Waals surface area (Å²) in [5.41, 5.74) is 5.95. The molecule has 2 unspecified atom stereocenters. The third-order valence-corrected chi connectivity index (χ3v) is 2.40. The van der Waals surface area contributed by atoms with Crippen LogP contribution in [0.4, 0.5) is 0 Å². The lowest BCUT2D eigenvalue weighted by atomic mass is 9.90. The molecular formula is C9H16N2O. The monoisotopic (exact) mass is 168 g/mol. The van der Waals surface area contributed by atoms with Gasteiger partial charge in [0.15, 0.2) is 5.76 Å². The van der Waals surface area contributed by atoms with Gasteiger partial charge in [-0.05, 0) is 11.8 Å². The summed E-state index contributed by atoms with van der Waals surface area (Å²) in [5.74, 6) is 1.75. The molecule has 0 fully saturated rings. The molecule has 0 aliphatic heterocycles. The third kappa shape index (κ3) is 1.85. The van der Waals surface area contributed by atoms with Crippen LogP contribution in [0, 0.1) is 11.8 Å². The minimum absolute atomic E-state index is 0.0347. The molecule has 2 atom stereocenters. The Morgan fingerprint density at radius 1 is 1.42 bits per heavy atom. The molecule has 1 rings (SSSR count). The van der Waals surface area contributed by atoms with E-state index in [-0.39, 0.29) is 6.04 Å². The summed E-state index contributed by atoms with van der Waals surface area (Å²) in [4.78, 5) is 0. The number of rotatable bonds is 3. The second-order valence-corrected chi connectivity index (χ2v) is 3.54. The molecular weight excluding hydrogens is 152 g/mol. The lowest BCUT2D eigenvalue weighted by Gasteiger charge is -2.20. The summed E-state index contributed by atoms with van der Waals surface area (Å²) in [6, 6.07) is 1.79. The van der Waals surface area contributed by atoms with E-state index in [4.69, 9.17) is 10.3 Å². The standard InChI is InChI=1S/C9H16N2O/c1-6(2)7(3)9(10)8-4-5-11-12-8/h4-7,9H,10H2,1-3H3. The average molecular weight is 168 g/mol. The molecule has 0 aliphatic rings. The first-order chi connectivity index (χ1) is 5.63. The Morgan fingerprint density at radius 3 is 2.50 bits per heavy atom. The van der Waals surface area contributed by atoms with Crippen LogP contribution in [0.1, 0.15) is 32.6 Å². The minimum atomic E-state index is -0.0347. The van der Waals surface area contributed by atoms with Crippen molar-refractivity contribution in [3.63, 3.8) is 0 Å². The molecule has 1 aromatic rings. The fraction of sp³-hybridized carbons (Fsp3) is 0.667. The minimum Gasteiger partial charge on any atom is -0.360 e. The summed E-state index contributed by atoms with van der Waals surface area (Å²) < 4.78 is 4.99. The van der Waals surface area contributed by atoms with E-state index in [1.807, 2.05) is 6.07 Å². The Kier molecular flexibility index (Phi) is 2.87. The SMILES string of the molecule is CC(C)C(C)C(N)c1ccno1. The molecule has 0 radical (unpaired) electrons. The molecule has 2 N–H and O–H groups in total. The molecule has 0 spiro atoms. The summed E-state index contributed by atoms with van der Waals surface area (Å²) >= 11 is 0. The van der Waals surface area contributed by atoms with Crippen LogP contribution < -0.4 is 5.73 Å². The van der Waals surface area contributed by atoms with E-state index in [0.29, 0.717) is 11.8 Å². The van der Waals surface area contributed by atoms with Crippen LogP contribution in [0.3, 0.4) is 0 Å². The van der Waals surface area contributed by atoms with Gasteiger partial charge < -0.3 is 10.3 Å². The number of nitrogens with two attached hydrogens (primary N) is 1. The quantitative estimate of drug-likeness (QED) is 0.750. The van der Waals surface area contributed by atoms with Gasteiger partial charge in [-0.25, -0.2) is 0 Å². The van der Waals surface area contributed by atoms with Gasteiger partial charge in [0.1, 0.15) is 0 Å². The molecule has 0 saturated heterocycles. The highest BCUT2D eigenvalue weighted by atomic mass is 16.5. The zero-order chi connectivity index (χ0) is 9.14. The molecule has 3 heteroatoms. The Balaban J connectivity index is 2.65. The van der Waals surface area contributed by atoms with Crippen LogP contribution in [0.2, 0.25) is 0 Å². The lowest BCUT2D eigenvalue weighted by molar-refractivity contribution is 0.283. The molecule has 0 amide bonds. The molecule has 0 aromatic carbocycles. The second-order valence-electron chi connectivity index (χ2n) is 3.54. The van der Waals surface area contributed by atoms with Gasteiger partial charge in [0.25, 0.3) is 0 Å². The average Bonchev–Trinajstić information content (AvgIpc) is 2.53. The van der Waals surface area contributed by atoms with Crippen molar-refractivity contribution in [1.29, 1.82) is 0 Å². The van der Waals surface area contributed by atoms with Gasteiger partial charge >= 0.3 is 0 Å². The maximum absolute atomic E-state index is 5.95. The zero-order valence-corrected chi connectivity index (χ0v) is 7.82. The van der Waals surface area contributed by atoms with Crippen LogP contribution >= 0.6 is 0 Å². The van der Waals surface area contributed by atoms with Crippen molar-refractivity contribution in [3.05, 3.63) is 18.0 Å². The fourth-order valence-electron chi connectivity index (χ4n) is 1.07. The summed E-state index contributed by atoms with van der Waals surface area (Å²) in [6.07, 6.45) is 1.63. The molecule has 1 heterocycles. The van der Waals surface area contributed by atoms with Crippen molar-refractivity contribution < 1.29 is 4.52 Å². The summed E-state index contributed by atoms with van der Waals surface area (Å²) in [7, 11) is 0. The van der Waals surface area contributed by atoms with E-state index in [9.17, 15) is 0 Å². The smallest absolute Gasteiger partial charge is 0.153 e. The van der Waals surface area contributed by atoms with Crippen LogP contribution in [0.15, 0.2) is 16.8 Å². The van der Waals surface area contributed by atoms with Gasteiger partial charge in [-0.15, -0.1) is 0 Å². The Hall–Kier alpha value is -0.830. The van der Waals surface area contributed by atoms with Crippen molar-refractivity contribution in [2.75, 3.05) is 0 Å². The van der Waals surface area contributed by atoms with E-state index in [2.05, 4.69) is 25.9 Å². The fourth-order valence-corrected chi connectivity index (χ4v) is 1.07. The maximum atomic E-state index is 5.95. The first kappa shape index (κ1) is 9.26. The first-order valence-corrected chi connectivity index (χ1v) is 4.29. The van der Waals surface area contributed by atoms with E-state index in [1.165, 1.54) is 0 Å². The number of hydrogen-bond donors (Lipinski definition) is 1. The normalized spacial score (nSPS) is 16.4. The van der Waals surface area contributed by atoms with Crippen LogP contribution in [-0.2, 0) is 0 Å². The van der Waals surface area contributed by atoms with Crippen molar-refractivity contribution in [3.8, 4) is 0 Å². The third-order valence-electron chi connectivity index (χ3n) is 2.40. The van der Waals surface area contributed by atoms with Crippen molar-refractivity contribution >= 4 is 0 Å². The van der Waals surface area contributed by atoms with Gasteiger partial charge in [-0.2, -0.15) is 0 Å². The van der Waals surface area contributed by atoms with Gasteiger partial charge in [0, 0.05) is 6.07 Å². The Morgan fingerprint density at radius 2 is 2.08 bits per heavy atom. The second kappa shape index (κ2) is 3.72. The van der Waals surface area contributed by atoms with Crippen LogP contribution in [-0.4, -0.2) is 5.16 Å². The molecule has 3 nitrogen and oxygen atoms in total. The van der Waals surface area contributed by atoms with Crippen LogP contribution in [0.25, 0.3) is 0 Å². The Bertz CT molecular complexity index is 218. The van der Waals surface area contributed by atoms with Crippen molar-refractivity contribution in [2.45, 2.75) is 26.8 Å². The molecule has 12 heavy (non-hydrogen) atoms. The molecule has 0 bridgehead atoms. The van der Waals surface area contributed by atoms with Crippen molar-refractivity contribution in [2.24, 2.45) is 17.6 Å². The van der Waals surface area contributed by atoms with E-state index in [1.54, 1.807) is 6.20 Å². The van der Waals surface area contributed by atoms with Gasteiger partial charge in [-0.3, -0.25) is 0 Å². The zero-order valence-electron chi connectivity index (χ0n) is 7.82. The highest BCUT2D eigenvalue weighted by Gasteiger charge is 2.20. The predicted octanol–water partition coefficient (Wildman–Crippen LogP) is 1.97. The highest BCUT2D eigenvalue weighted by Crippen LogP contribution is 2.24. The van der Waals surface area contributed by atoms with E-state index < -0.39 is 0 Å². The largest absolute Gasteiger partial charge is 0.360 e. The van der Waals surface area contributed by atoms with E-state index in [0.717, 1.165) is 5.76 Å². The molecule has 1 aromatic heterocycles. The van der Waals surface area contributed by atoms with Gasteiger partial charge in [0.05, 0.1) is 12.2 Å². The topological polar surface area (TPSA) is 52.0 Å². The summed E-state index contributed by atoms with van der Waals surface area (Å²) in [5, 5.41) is 3.63. The van der Waals surface area contributed by atoms with Crippen LogP contribution in [0.5, 0.6) is 0 Å². The molecule has 68 valence electrons. The van der Waals surface area contributed by atoms with Gasteiger partial charge in [0.2, 0.25) is 0 Å². The van der Waals surface area contributed by atoms with E-state index >= 15 is 0 Å².